The zero-order valence-electron chi connectivity index (χ0n) is 29.7. The number of ether oxygens (including phenoxy) is 7. The molecule has 284 valence electrons. The van der Waals surface area contributed by atoms with Gasteiger partial charge in [-0.15, -0.1) is 12.8 Å². The molecule has 3 N–H and O–H groups in total. The highest BCUT2D eigenvalue weighted by Crippen LogP contribution is 2.34. The van der Waals surface area contributed by atoms with Crippen LogP contribution >= 0.6 is 0 Å². The van der Waals surface area contributed by atoms with Crippen LogP contribution in [0, 0.1) is 24.7 Å². The highest BCUT2D eigenvalue weighted by molar-refractivity contribution is 5.84. The number of amides is 1. The Morgan fingerprint density at radius 1 is 0.755 bits per heavy atom. The number of esters is 4. The summed E-state index contributed by atoms with van der Waals surface area (Å²) in [6, 6.07) is 0. The van der Waals surface area contributed by atoms with Gasteiger partial charge >= 0.3 is 41.3 Å². The minimum atomic E-state index is -1.15. The normalized spacial score (nSPS) is 24.2. The molecule has 4 rings (SSSR count). The fraction of sp³-hybridized carbons (Fsp3) is 0.485. The number of anilines is 2. The first-order valence-electron chi connectivity index (χ1n) is 15.8. The van der Waals surface area contributed by atoms with Gasteiger partial charge in [0.05, 0.1) is 29.9 Å². The van der Waals surface area contributed by atoms with Crippen molar-refractivity contribution in [2.45, 2.75) is 97.5 Å². The first-order valence-corrected chi connectivity index (χ1v) is 15.8. The van der Waals surface area contributed by atoms with Crippen molar-refractivity contribution in [2.24, 2.45) is 0 Å². The Hall–Kier alpha value is -6.25. The summed E-state index contributed by atoms with van der Waals surface area (Å²) in [6.07, 6.45) is 4.98. The van der Waals surface area contributed by atoms with Crippen molar-refractivity contribution in [1.82, 2.24) is 19.1 Å². The Balaban J connectivity index is 0.000000290. The third kappa shape index (κ3) is 10.2. The van der Waals surface area contributed by atoms with Crippen LogP contribution in [0.2, 0.25) is 0 Å². The van der Waals surface area contributed by atoms with Crippen molar-refractivity contribution in [3.8, 4) is 24.7 Å². The molecule has 0 unspecified atom stereocenters. The van der Waals surface area contributed by atoms with E-state index in [1.807, 2.05) is 0 Å². The third-order valence-electron chi connectivity index (χ3n) is 7.34. The lowest BCUT2D eigenvalue weighted by Crippen LogP contribution is -2.40. The van der Waals surface area contributed by atoms with Crippen molar-refractivity contribution in [3.63, 3.8) is 0 Å². The van der Waals surface area contributed by atoms with Gasteiger partial charge in [0.1, 0.15) is 5.82 Å². The quantitative estimate of drug-likeness (QED) is 0.207. The predicted molar refractivity (Wildman–Crippen MR) is 179 cm³/mol. The van der Waals surface area contributed by atoms with Gasteiger partial charge in [-0.3, -0.25) is 33.6 Å². The lowest BCUT2D eigenvalue weighted by molar-refractivity contribution is -0.165. The topological polar surface area (TPSA) is 258 Å². The summed E-state index contributed by atoms with van der Waals surface area (Å²) in [5, 5.41) is 2.28. The summed E-state index contributed by atoms with van der Waals surface area (Å²) in [4.78, 5) is 89.4. The molecule has 53 heavy (non-hydrogen) atoms. The summed E-state index contributed by atoms with van der Waals surface area (Å²) in [6.45, 7) is 9.74. The third-order valence-corrected chi connectivity index (χ3v) is 7.34. The van der Waals surface area contributed by atoms with Crippen LogP contribution in [0.4, 0.5) is 16.4 Å². The van der Waals surface area contributed by atoms with Crippen LogP contribution in [-0.2, 0) is 52.3 Å². The van der Waals surface area contributed by atoms with Gasteiger partial charge in [0, 0.05) is 40.1 Å². The summed E-state index contributed by atoms with van der Waals surface area (Å²) in [5.41, 5.74) is 4.25. The lowest BCUT2D eigenvalue weighted by atomic mass is 10.1. The molecule has 2 saturated heterocycles. The number of nitrogen functional groups attached to an aromatic ring is 1. The molecule has 8 atom stereocenters. The first kappa shape index (κ1) is 41.2. The second-order valence-electron chi connectivity index (χ2n) is 11.3. The number of carbonyl (C=O) groups excluding carboxylic acids is 5. The lowest BCUT2D eigenvalue weighted by Gasteiger charge is -2.23. The largest absolute Gasteiger partial charge is 0.456 e. The van der Waals surface area contributed by atoms with Gasteiger partial charge in [0.25, 0.3) is 0 Å². The average molecular weight is 743 g/mol. The molecule has 20 nitrogen and oxygen atoms in total. The van der Waals surface area contributed by atoms with Gasteiger partial charge in [-0.05, 0) is 20.8 Å². The van der Waals surface area contributed by atoms with Crippen LogP contribution in [0.3, 0.4) is 0 Å². The number of aromatic nitrogens is 4. The first-order chi connectivity index (χ1) is 24.9. The van der Waals surface area contributed by atoms with Crippen molar-refractivity contribution in [3.05, 3.63) is 44.5 Å². The summed E-state index contributed by atoms with van der Waals surface area (Å²) >= 11 is 0. The van der Waals surface area contributed by atoms with Crippen LogP contribution in [0.5, 0.6) is 0 Å². The number of nitrogens with zero attached hydrogens (tertiary/aromatic N) is 4. The zero-order chi connectivity index (χ0) is 39.7. The minimum Gasteiger partial charge on any atom is -0.456 e. The maximum Gasteiger partial charge on any atom is 0.412 e. The highest BCUT2D eigenvalue weighted by atomic mass is 16.7. The van der Waals surface area contributed by atoms with E-state index >= 15 is 0 Å². The summed E-state index contributed by atoms with van der Waals surface area (Å²) in [5.74, 6) is 1.89. The van der Waals surface area contributed by atoms with Crippen molar-refractivity contribution >= 4 is 41.6 Å². The van der Waals surface area contributed by atoms with Crippen LogP contribution in [-0.4, -0.2) is 92.3 Å². The van der Waals surface area contributed by atoms with Gasteiger partial charge in [0.2, 0.25) is 0 Å². The molecule has 4 heterocycles. The number of nitrogens with one attached hydrogen (secondary N) is 1. The van der Waals surface area contributed by atoms with E-state index in [0.717, 1.165) is 9.13 Å². The van der Waals surface area contributed by atoms with E-state index < -0.39 is 90.4 Å². The van der Waals surface area contributed by atoms with Crippen LogP contribution in [0.15, 0.2) is 22.0 Å². The molecule has 2 fully saturated rings. The molecule has 0 bridgehead atoms. The standard InChI is InChI=1S/C18H21N3O8.C15H17N3O6/c1-6-12-8-21(17(24)19-15(12)20-18(25)26-7-2)16-14(29-11(5)23)13(9(3)27-16)28-10(4)22;1-5-10-6-18(15(21)17-13(10)16)14-12(24-9(4)20)11(7(2)22-14)23-8(3)19/h1,8-9,13-14,16H,7H2,2-5H3,(H,19,20,24,25);1,6-7,11-12,14H,2-4H3,(H2,16,17,21)/t9-,13-,14-,16-;7-,11-,12-,14-/m11/s1. The number of carbonyl (C=O) groups is 5. The van der Waals surface area contributed by atoms with Gasteiger partial charge in [0.15, 0.2) is 42.7 Å². The summed E-state index contributed by atoms with van der Waals surface area (Å²) in [7, 11) is 0. The van der Waals surface area contributed by atoms with Crippen LogP contribution in [0.1, 0.15) is 72.0 Å². The fourth-order valence-electron chi connectivity index (χ4n) is 5.29. The summed E-state index contributed by atoms with van der Waals surface area (Å²) < 4.78 is 39.0. The molecule has 0 aromatic carbocycles. The highest BCUT2D eigenvalue weighted by Gasteiger charge is 2.49. The zero-order valence-corrected chi connectivity index (χ0v) is 29.7. The average Bonchev–Trinajstić information content (AvgIpc) is 3.51. The Kier molecular flexibility index (Phi) is 13.8. The number of rotatable bonds is 8. The van der Waals surface area contributed by atoms with Crippen LogP contribution < -0.4 is 22.4 Å². The minimum absolute atomic E-state index is 0.0615. The van der Waals surface area contributed by atoms with Crippen molar-refractivity contribution in [1.29, 1.82) is 0 Å². The molecule has 2 aromatic rings. The Labute approximate surface area is 302 Å². The van der Waals surface area contributed by atoms with E-state index in [0.29, 0.717) is 0 Å². The SMILES string of the molecule is C#Cc1cn([C@@H]2O[C@H](C)[C@@H](OC(C)=O)[C@H]2OC(C)=O)c(=O)nc1N.C#Cc1cn([C@@H]2O[C@H](C)[C@@H](OC(C)=O)[C@H]2OC(C)=O)c(=O)nc1NC(=O)OCC. The smallest absolute Gasteiger partial charge is 0.412 e. The molecule has 0 spiro atoms. The molecule has 0 saturated carbocycles. The predicted octanol–water partition coefficient (Wildman–Crippen LogP) is 0.161. The number of hydrogen-bond acceptors (Lipinski definition) is 17. The van der Waals surface area contributed by atoms with Gasteiger partial charge in [-0.1, -0.05) is 11.8 Å². The number of nitrogens with two attached hydrogens (primary N) is 1. The Bertz CT molecular complexity index is 1950. The Morgan fingerprint density at radius 2 is 1.15 bits per heavy atom. The van der Waals surface area contributed by atoms with E-state index in [2.05, 4.69) is 27.1 Å². The maximum atomic E-state index is 12.6. The van der Waals surface area contributed by atoms with E-state index in [-0.39, 0.29) is 29.4 Å². The number of hydrogen-bond donors (Lipinski definition) is 2. The number of terminal acetylenes is 2. The van der Waals surface area contributed by atoms with E-state index in [1.165, 1.54) is 40.1 Å². The molecular weight excluding hydrogens is 704 g/mol. The molecule has 1 amide bonds. The second-order valence-corrected chi connectivity index (χ2v) is 11.3. The monoisotopic (exact) mass is 742 g/mol. The molecule has 0 aliphatic carbocycles. The van der Waals surface area contributed by atoms with Crippen LogP contribution in [0.25, 0.3) is 0 Å². The molecule has 2 aliphatic rings. The van der Waals surface area contributed by atoms with Gasteiger partial charge in [-0.25, -0.2) is 14.4 Å². The molecule has 2 aliphatic heterocycles. The second kappa shape index (κ2) is 17.8. The maximum absolute atomic E-state index is 12.6. The van der Waals surface area contributed by atoms with Gasteiger partial charge < -0.3 is 38.9 Å². The van der Waals surface area contributed by atoms with E-state index in [9.17, 15) is 33.6 Å². The molecule has 0 radical (unpaired) electrons. The molecule has 20 heteroatoms. The van der Waals surface area contributed by atoms with Crippen molar-refractivity contribution < 1.29 is 57.1 Å². The van der Waals surface area contributed by atoms with E-state index in [4.69, 9.17) is 51.7 Å². The molecular formula is C33H38N6O14. The fourth-order valence-corrected chi connectivity index (χ4v) is 5.29. The van der Waals surface area contributed by atoms with E-state index in [1.54, 1.807) is 20.8 Å². The van der Waals surface area contributed by atoms with Crippen molar-refractivity contribution in [2.75, 3.05) is 17.7 Å². The Morgan fingerprint density at radius 3 is 1.55 bits per heavy atom. The van der Waals surface area contributed by atoms with Gasteiger partial charge in [-0.2, -0.15) is 9.97 Å². The molecule has 2 aromatic heterocycles.